The average Bonchev–Trinajstić information content (AvgIpc) is 3.53. The van der Waals surface area contributed by atoms with E-state index in [2.05, 4.69) is 46.9 Å². The Balaban J connectivity index is 1.76. The third-order valence-corrected chi connectivity index (χ3v) is 18.1. The highest BCUT2D eigenvalue weighted by molar-refractivity contribution is 7.90. The Morgan fingerprint density at radius 1 is 0.818 bits per heavy atom. The van der Waals surface area contributed by atoms with E-state index in [1.807, 2.05) is 68.4 Å². The second kappa shape index (κ2) is 18.0. The number of rotatable bonds is 18. The van der Waals surface area contributed by atoms with Gasteiger partial charge in [0.1, 0.15) is 30.4 Å². The van der Waals surface area contributed by atoms with Gasteiger partial charge in [0.25, 0.3) is 24.2 Å². The predicted molar refractivity (Wildman–Crippen MR) is 222 cm³/mol. The van der Waals surface area contributed by atoms with Crippen LogP contribution < -0.4 is 14.5 Å². The van der Waals surface area contributed by atoms with E-state index in [0.717, 1.165) is 22.3 Å². The maximum absolute atomic E-state index is 14.6. The molecule has 4 aromatic carbocycles. The number of hydrogen-bond acceptors (Lipinski definition) is 7. The standard InChI is InChI=1S/C44H56N2O7SSi/c1-30(2)55(31(3)4,32(5)6)53-40-25-41(51-28-35-16-12-10-13-17-35)43-42(34(8)27-46(43)54(48,49)38-22-20-33(7)21-23-38)39(40)24-37(52-29-50-9)26-45-44(47)36-18-14-11-15-19-36/h10-23,25,27,30-32,37H,24,26,28-29H2,1-9H3,(H,45,47). The van der Waals surface area contributed by atoms with E-state index in [0.29, 0.717) is 28.0 Å². The van der Waals surface area contributed by atoms with Crippen molar-refractivity contribution in [2.24, 2.45) is 0 Å². The van der Waals surface area contributed by atoms with Crippen LogP contribution in [0.25, 0.3) is 10.9 Å². The number of ether oxygens (including phenoxy) is 3. The minimum atomic E-state index is -4.07. The third-order valence-electron chi connectivity index (χ3n) is 10.4. The lowest BCUT2D eigenvalue weighted by Crippen LogP contribution is -2.51. The minimum absolute atomic E-state index is 0.00601. The van der Waals surface area contributed by atoms with Crippen LogP contribution >= 0.6 is 0 Å². The molecular weight excluding hydrogens is 729 g/mol. The maximum atomic E-state index is 14.6. The molecule has 0 aliphatic carbocycles. The lowest BCUT2D eigenvalue weighted by atomic mass is 9.99. The van der Waals surface area contributed by atoms with Crippen molar-refractivity contribution in [3.8, 4) is 11.5 Å². The molecule has 0 aliphatic heterocycles. The zero-order chi connectivity index (χ0) is 39.9. The number of hydrogen-bond donors (Lipinski definition) is 1. The van der Waals surface area contributed by atoms with Crippen molar-refractivity contribution in [3.63, 3.8) is 0 Å². The zero-order valence-electron chi connectivity index (χ0n) is 33.6. The second-order valence-corrected chi connectivity index (χ2v) is 22.4. The molecule has 9 nitrogen and oxygen atoms in total. The van der Waals surface area contributed by atoms with Gasteiger partial charge >= 0.3 is 0 Å². The quantitative estimate of drug-likeness (QED) is 0.0697. The highest BCUT2D eigenvalue weighted by atomic mass is 32.2. The van der Waals surface area contributed by atoms with Gasteiger partial charge in [0.15, 0.2) is 0 Å². The normalized spacial score (nSPS) is 12.8. The molecule has 0 saturated heterocycles. The number of fused-ring (bicyclic) bond motifs is 1. The molecule has 0 radical (unpaired) electrons. The fraction of sp³-hybridized carbons (Fsp3) is 0.386. The first-order valence-electron chi connectivity index (χ1n) is 19.0. The number of nitrogens with one attached hydrogen (secondary N) is 1. The van der Waals surface area contributed by atoms with E-state index in [-0.39, 0.29) is 53.8 Å². The van der Waals surface area contributed by atoms with Crippen molar-refractivity contribution in [2.45, 2.75) is 96.0 Å². The van der Waals surface area contributed by atoms with Crippen LogP contribution in [0.15, 0.2) is 102 Å². The van der Waals surface area contributed by atoms with Gasteiger partial charge in [0, 0.05) is 48.9 Å². The molecule has 5 rings (SSSR count). The fourth-order valence-electron chi connectivity index (χ4n) is 7.79. The van der Waals surface area contributed by atoms with Crippen LogP contribution in [0.4, 0.5) is 0 Å². The zero-order valence-corrected chi connectivity index (χ0v) is 35.4. The maximum Gasteiger partial charge on any atom is 0.268 e. The first-order valence-corrected chi connectivity index (χ1v) is 22.6. The molecule has 55 heavy (non-hydrogen) atoms. The molecule has 0 saturated carbocycles. The van der Waals surface area contributed by atoms with Crippen LogP contribution in [-0.2, 0) is 32.5 Å². The van der Waals surface area contributed by atoms with Crippen LogP contribution in [0.1, 0.15) is 74.2 Å². The predicted octanol–water partition coefficient (Wildman–Crippen LogP) is 9.59. The molecule has 1 heterocycles. The summed E-state index contributed by atoms with van der Waals surface area (Å²) in [5.74, 6) is 0.801. The topological polar surface area (TPSA) is 105 Å². The van der Waals surface area contributed by atoms with Crippen molar-refractivity contribution in [2.75, 3.05) is 20.4 Å². The second-order valence-electron chi connectivity index (χ2n) is 15.2. The van der Waals surface area contributed by atoms with Gasteiger partial charge in [-0.15, -0.1) is 0 Å². The van der Waals surface area contributed by atoms with Crippen LogP contribution in [0.2, 0.25) is 16.6 Å². The molecule has 5 aromatic rings. The summed E-state index contributed by atoms with van der Waals surface area (Å²) in [6, 6.07) is 27.6. The van der Waals surface area contributed by atoms with E-state index in [4.69, 9.17) is 18.6 Å². The number of carbonyl (C=O) groups excluding carboxylic acids is 1. The molecule has 0 aliphatic rings. The third kappa shape index (κ3) is 9.18. The Labute approximate surface area is 328 Å². The van der Waals surface area contributed by atoms with Crippen molar-refractivity contribution in [3.05, 3.63) is 125 Å². The monoisotopic (exact) mass is 784 g/mol. The lowest BCUT2D eigenvalue weighted by molar-refractivity contribution is -0.0695. The van der Waals surface area contributed by atoms with Crippen molar-refractivity contribution < 1.29 is 31.8 Å². The van der Waals surface area contributed by atoms with E-state index >= 15 is 0 Å². The molecule has 11 heteroatoms. The van der Waals surface area contributed by atoms with Gasteiger partial charge in [-0.1, -0.05) is 108 Å². The first-order chi connectivity index (χ1) is 26.2. The van der Waals surface area contributed by atoms with Crippen LogP contribution in [0.3, 0.4) is 0 Å². The number of methoxy groups -OCH3 is 1. The van der Waals surface area contributed by atoms with Gasteiger partial charge < -0.3 is 24.0 Å². The van der Waals surface area contributed by atoms with E-state index in [1.165, 1.54) is 3.97 Å². The lowest BCUT2D eigenvalue weighted by Gasteiger charge is -2.43. The highest BCUT2D eigenvalue weighted by Gasteiger charge is 2.47. The summed E-state index contributed by atoms with van der Waals surface area (Å²) in [7, 11) is -5.09. The number of nitrogens with zero attached hydrogens (tertiary/aromatic N) is 1. The molecule has 1 aromatic heterocycles. The van der Waals surface area contributed by atoms with Crippen LogP contribution in [0, 0.1) is 13.8 Å². The van der Waals surface area contributed by atoms with E-state index in [1.54, 1.807) is 49.7 Å². The van der Waals surface area contributed by atoms with Crippen molar-refractivity contribution >= 4 is 35.2 Å². The summed E-state index contributed by atoms with van der Waals surface area (Å²) in [5.41, 5.74) is 5.13. The average molecular weight is 785 g/mol. The van der Waals surface area contributed by atoms with Crippen molar-refractivity contribution in [1.82, 2.24) is 9.29 Å². The smallest absolute Gasteiger partial charge is 0.268 e. The summed E-state index contributed by atoms with van der Waals surface area (Å²) in [6.45, 7) is 17.6. The van der Waals surface area contributed by atoms with Gasteiger partial charge in [-0.3, -0.25) is 4.79 Å². The SMILES string of the molecule is COCOC(CNC(=O)c1ccccc1)Cc1c(O[Si](C(C)C)(C(C)C)C(C)C)cc(OCc2ccccc2)c2c1c(C)cn2S(=O)(=O)c1ccc(C)cc1. The van der Waals surface area contributed by atoms with Crippen molar-refractivity contribution in [1.29, 1.82) is 0 Å². The molecular formula is C44H56N2O7SSi. The Kier molecular flexibility index (Phi) is 13.7. The summed E-state index contributed by atoms with van der Waals surface area (Å²) in [6.07, 6.45) is 1.40. The molecule has 0 bridgehead atoms. The van der Waals surface area contributed by atoms with Crippen LogP contribution in [0.5, 0.6) is 11.5 Å². The number of aryl methyl sites for hydroxylation is 2. The summed E-state index contributed by atoms with van der Waals surface area (Å²) >= 11 is 0. The Morgan fingerprint density at radius 2 is 1.42 bits per heavy atom. The van der Waals surface area contributed by atoms with Crippen LogP contribution in [-0.4, -0.2) is 53.2 Å². The summed E-state index contributed by atoms with van der Waals surface area (Å²) in [4.78, 5) is 13.4. The molecule has 1 unspecified atom stereocenters. The molecule has 1 amide bonds. The van der Waals surface area contributed by atoms with E-state index < -0.39 is 24.4 Å². The van der Waals surface area contributed by atoms with Gasteiger partial charge in [-0.05, 0) is 65.9 Å². The number of benzene rings is 4. The Hall–Kier alpha value is -4.42. The molecule has 1 atom stereocenters. The van der Waals surface area contributed by atoms with Gasteiger partial charge in [0.2, 0.25) is 0 Å². The minimum Gasteiger partial charge on any atom is -0.542 e. The van der Waals surface area contributed by atoms with E-state index in [9.17, 15) is 13.2 Å². The molecule has 0 fully saturated rings. The summed E-state index contributed by atoms with van der Waals surface area (Å²) in [5, 5.41) is 3.75. The van der Waals surface area contributed by atoms with Gasteiger partial charge in [-0.25, -0.2) is 12.4 Å². The molecule has 1 N–H and O–H groups in total. The molecule has 294 valence electrons. The van der Waals surface area contributed by atoms with Gasteiger partial charge in [0.05, 0.1) is 11.0 Å². The fourth-order valence-corrected chi connectivity index (χ4v) is 14.5. The largest absolute Gasteiger partial charge is 0.542 e. The Bertz CT molecular complexity index is 2130. The summed E-state index contributed by atoms with van der Waals surface area (Å²) < 4.78 is 56.2. The number of carbonyl (C=O) groups is 1. The highest BCUT2D eigenvalue weighted by Crippen LogP contribution is 2.47. The molecule has 0 spiro atoms. The number of aromatic nitrogens is 1. The van der Waals surface area contributed by atoms with Gasteiger partial charge in [-0.2, -0.15) is 0 Å². The Morgan fingerprint density at radius 3 is 2.00 bits per heavy atom. The number of amides is 1. The first kappa shape index (κ1) is 41.7.